The third-order valence-electron chi connectivity index (χ3n) is 1.72. The molecule has 0 aliphatic heterocycles. The molecular formula is C12H17ClN2O3. The van der Waals surface area contributed by atoms with Gasteiger partial charge in [0.1, 0.15) is 5.75 Å². The third kappa shape index (κ3) is 5.16. The van der Waals surface area contributed by atoms with Crippen LogP contribution in [-0.4, -0.2) is 25.5 Å². The number of hydrogen-bond donors (Lipinski definition) is 2. The van der Waals surface area contributed by atoms with Crippen molar-refractivity contribution in [2.75, 3.05) is 7.05 Å². The van der Waals surface area contributed by atoms with Crippen LogP contribution >= 0.6 is 11.6 Å². The van der Waals surface area contributed by atoms with E-state index in [1.54, 1.807) is 12.1 Å². The fourth-order valence-electron chi connectivity index (χ4n) is 1.11. The zero-order valence-electron chi connectivity index (χ0n) is 10.6. The fourth-order valence-corrected chi connectivity index (χ4v) is 1.33. The minimum absolute atomic E-state index is 0.0222. The summed E-state index contributed by atoms with van der Waals surface area (Å²) in [7, 11) is 1.50. The van der Waals surface area contributed by atoms with Gasteiger partial charge in [0.15, 0.2) is 0 Å². The Morgan fingerprint density at radius 1 is 1.44 bits per heavy atom. The summed E-state index contributed by atoms with van der Waals surface area (Å²) in [6.07, 6.45) is 0.0222. The summed E-state index contributed by atoms with van der Waals surface area (Å²) in [5.74, 6) is 0.298. The maximum Gasteiger partial charge on any atom is 0.299 e. The number of nitrogens with two attached hydrogens (primary N) is 1. The molecule has 0 saturated heterocycles. The molecule has 0 radical (unpaired) electrons. The number of carbonyl (C=O) groups excluding carboxylic acids is 1. The van der Waals surface area contributed by atoms with E-state index in [4.69, 9.17) is 21.7 Å². The van der Waals surface area contributed by atoms with Gasteiger partial charge < -0.3 is 15.2 Å². The van der Waals surface area contributed by atoms with Crippen molar-refractivity contribution >= 4 is 24.0 Å². The average molecular weight is 273 g/mol. The van der Waals surface area contributed by atoms with E-state index in [1.165, 1.54) is 13.1 Å². The first-order chi connectivity index (χ1) is 8.54. The van der Waals surface area contributed by atoms with Gasteiger partial charge in [-0.3, -0.25) is 10.2 Å². The smallest absolute Gasteiger partial charge is 0.299 e. The Labute approximate surface area is 111 Å². The quantitative estimate of drug-likeness (QED) is 0.500. The minimum atomic E-state index is -0.243. The molecule has 100 valence electrons. The number of ether oxygens (including phenoxy) is 2. The lowest BCUT2D eigenvalue weighted by atomic mass is 10.2. The van der Waals surface area contributed by atoms with E-state index in [0.29, 0.717) is 16.3 Å². The summed E-state index contributed by atoms with van der Waals surface area (Å²) in [6, 6.07) is 4.76. The summed E-state index contributed by atoms with van der Waals surface area (Å²) < 4.78 is 9.83. The molecule has 0 spiro atoms. The summed E-state index contributed by atoms with van der Waals surface area (Å²) in [6.45, 7) is 3.98. The van der Waals surface area contributed by atoms with Gasteiger partial charge in [-0.1, -0.05) is 11.6 Å². The Morgan fingerprint density at radius 2 is 2.06 bits per heavy atom. The number of nitrogens with one attached hydrogen (secondary N) is 1. The van der Waals surface area contributed by atoms with Gasteiger partial charge in [-0.15, -0.1) is 0 Å². The number of hydrogen-bond acceptors (Lipinski definition) is 5. The van der Waals surface area contributed by atoms with E-state index in [2.05, 4.69) is 10.5 Å². The lowest BCUT2D eigenvalue weighted by Gasteiger charge is -2.11. The molecule has 1 aromatic carbocycles. The molecule has 0 bridgehead atoms. The Hall–Kier alpha value is -1.59. The van der Waals surface area contributed by atoms with Crippen LogP contribution in [0.2, 0.25) is 5.02 Å². The summed E-state index contributed by atoms with van der Waals surface area (Å²) in [5, 5.41) is 7.77. The molecule has 0 unspecified atom stereocenters. The molecule has 0 aliphatic carbocycles. The number of carbonyl (C=O) groups is 1. The van der Waals surface area contributed by atoms with Crippen LogP contribution in [0.5, 0.6) is 5.75 Å². The van der Waals surface area contributed by atoms with Gasteiger partial charge in [0.25, 0.3) is 6.47 Å². The molecular weight excluding hydrogens is 256 g/mol. The number of benzene rings is 1. The van der Waals surface area contributed by atoms with E-state index < -0.39 is 0 Å². The highest BCUT2D eigenvalue weighted by Crippen LogP contribution is 2.26. The maximum absolute atomic E-state index is 10.1. The van der Waals surface area contributed by atoms with Crippen LogP contribution in [-0.2, 0) is 9.53 Å². The van der Waals surface area contributed by atoms with E-state index in [9.17, 15) is 4.79 Å². The Balaban J connectivity index is 0.00000137. The predicted octanol–water partition coefficient (Wildman–Crippen LogP) is 2.20. The molecule has 18 heavy (non-hydrogen) atoms. The molecule has 0 heterocycles. The largest absolute Gasteiger partial charge is 0.489 e. The molecule has 0 aromatic heterocycles. The lowest BCUT2D eigenvalue weighted by molar-refractivity contribution is -0.121. The normalized spacial score (nSPS) is 9.22. The average Bonchev–Trinajstić information content (AvgIpc) is 2.34. The zero-order chi connectivity index (χ0) is 14.1. The molecule has 0 fully saturated rings. The Kier molecular flexibility index (Phi) is 7.74. The summed E-state index contributed by atoms with van der Waals surface area (Å²) in [4.78, 5) is 10.1. The van der Waals surface area contributed by atoms with Crippen molar-refractivity contribution in [3.8, 4) is 5.75 Å². The molecule has 0 amide bonds. The Bertz CT molecular complexity index is 408. The standard InChI is InChI=1S/C11H12ClNO3.CH5N/c1-7(2)16-10-4-3-8(5-9(10)12)11(13)15-6-14;1-2/h3-7,13H,1-2H3;2H2,1H3. The second-order valence-electron chi connectivity index (χ2n) is 3.36. The lowest BCUT2D eigenvalue weighted by Crippen LogP contribution is -2.07. The van der Waals surface area contributed by atoms with Crippen LogP contribution in [0, 0.1) is 5.41 Å². The second kappa shape index (κ2) is 8.49. The van der Waals surface area contributed by atoms with E-state index in [1.807, 2.05) is 13.8 Å². The minimum Gasteiger partial charge on any atom is -0.489 e. The highest BCUT2D eigenvalue weighted by atomic mass is 35.5. The van der Waals surface area contributed by atoms with Crippen LogP contribution in [0.3, 0.4) is 0 Å². The van der Waals surface area contributed by atoms with Crippen LogP contribution in [0.1, 0.15) is 19.4 Å². The van der Waals surface area contributed by atoms with Crippen LogP contribution in [0.4, 0.5) is 0 Å². The summed E-state index contributed by atoms with van der Waals surface area (Å²) in [5.41, 5.74) is 4.92. The highest BCUT2D eigenvalue weighted by Gasteiger charge is 2.08. The number of halogens is 1. The second-order valence-corrected chi connectivity index (χ2v) is 3.76. The van der Waals surface area contributed by atoms with Crippen molar-refractivity contribution in [1.29, 1.82) is 5.41 Å². The van der Waals surface area contributed by atoms with Crippen molar-refractivity contribution < 1.29 is 14.3 Å². The maximum atomic E-state index is 10.1. The van der Waals surface area contributed by atoms with E-state index in [0.717, 1.165) is 0 Å². The predicted molar refractivity (Wildman–Crippen MR) is 71.3 cm³/mol. The highest BCUT2D eigenvalue weighted by molar-refractivity contribution is 6.32. The van der Waals surface area contributed by atoms with Gasteiger partial charge in [0.05, 0.1) is 11.1 Å². The number of rotatable bonds is 4. The van der Waals surface area contributed by atoms with Crippen LogP contribution in [0.15, 0.2) is 18.2 Å². The van der Waals surface area contributed by atoms with Gasteiger partial charge in [-0.2, -0.15) is 0 Å². The van der Waals surface area contributed by atoms with Crippen molar-refractivity contribution in [1.82, 2.24) is 0 Å². The first-order valence-corrected chi connectivity index (χ1v) is 5.65. The zero-order valence-corrected chi connectivity index (χ0v) is 11.3. The fraction of sp³-hybridized carbons (Fsp3) is 0.333. The van der Waals surface area contributed by atoms with Crippen molar-refractivity contribution in [2.45, 2.75) is 20.0 Å². The van der Waals surface area contributed by atoms with E-state index >= 15 is 0 Å². The van der Waals surface area contributed by atoms with Crippen molar-refractivity contribution in [2.24, 2.45) is 5.73 Å². The van der Waals surface area contributed by atoms with Crippen LogP contribution < -0.4 is 10.5 Å². The third-order valence-corrected chi connectivity index (χ3v) is 2.02. The van der Waals surface area contributed by atoms with Gasteiger partial charge in [-0.25, -0.2) is 0 Å². The topological polar surface area (TPSA) is 85.4 Å². The van der Waals surface area contributed by atoms with Gasteiger partial charge in [-0.05, 0) is 39.1 Å². The van der Waals surface area contributed by atoms with Crippen molar-refractivity contribution in [3.05, 3.63) is 28.8 Å². The monoisotopic (exact) mass is 272 g/mol. The Morgan fingerprint density at radius 3 is 2.50 bits per heavy atom. The van der Waals surface area contributed by atoms with Gasteiger partial charge in [0, 0.05) is 5.56 Å². The first kappa shape index (κ1) is 16.4. The van der Waals surface area contributed by atoms with E-state index in [-0.39, 0.29) is 18.5 Å². The molecule has 3 N–H and O–H groups in total. The van der Waals surface area contributed by atoms with Gasteiger partial charge in [0.2, 0.25) is 5.90 Å². The molecule has 0 atom stereocenters. The molecule has 0 aliphatic rings. The van der Waals surface area contributed by atoms with Crippen molar-refractivity contribution in [3.63, 3.8) is 0 Å². The SMILES string of the molecule is CC(C)Oc1ccc(C(=N)OC=O)cc1Cl.CN. The van der Waals surface area contributed by atoms with Gasteiger partial charge >= 0.3 is 0 Å². The molecule has 1 rings (SSSR count). The molecule has 1 aromatic rings. The molecule has 5 nitrogen and oxygen atoms in total. The first-order valence-electron chi connectivity index (χ1n) is 5.27. The molecule has 0 saturated carbocycles. The summed E-state index contributed by atoms with van der Waals surface area (Å²) >= 11 is 5.95. The molecule has 6 heteroatoms. The van der Waals surface area contributed by atoms with Crippen LogP contribution in [0.25, 0.3) is 0 Å².